The minimum Gasteiger partial charge on any atom is -0.414 e. The summed E-state index contributed by atoms with van der Waals surface area (Å²) in [5.74, 6) is -0.798. The monoisotopic (exact) mass is 548 g/mol. The van der Waals surface area contributed by atoms with E-state index in [1.54, 1.807) is 0 Å². The van der Waals surface area contributed by atoms with Gasteiger partial charge < -0.3 is 20.2 Å². The number of anilines is 1. The minimum atomic E-state index is -5.12. The Balaban J connectivity index is 1.72. The smallest absolute Gasteiger partial charge is 0.414 e. The van der Waals surface area contributed by atoms with Crippen LogP contribution < -0.4 is 15.8 Å². The second-order valence-electron chi connectivity index (χ2n) is 8.43. The van der Waals surface area contributed by atoms with E-state index in [-0.39, 0.29) is 34.6 Å². The Morgan fingerprint density at radius 2 is 1.71 bits per heavy atom. The van der Waals surface area contributed by atoms with Crippen LogP contribution in [0.15, 0.2) is 58.0 Å². The number of hydrogen-bond acceptors (Lipinski definition) is 10. The first-order chi connectivity index (χ1) is 17.9. The van der Waals surface area contributed by atoms with E-state index in [0.29, 0.717) is 12.1 Å². The maximum atomic E-state index is 13.1. The molecule has 0 atom stereocenters. The van der Waals surface area contributed by atoms with Crippen LogP contribution in [-0.4, -0.2) is 47.2 Å². The number of aromatic nitrogens is 4. The van der Waals surface area contributed by atoms with Crippen LogP contribution in [0.2, 0.25) is 0 Å². The third-order valence-electron chi connectivity index (χ3n) is 5.40. The summed E-state index contributed by atoms with van der Waals surface area (Å²) in [5.41, 5.74) is 7.85. The third-order valence-corrected chi connectivity index (χ3v) is 7.59. The molecular weight excluding hydrogens is 525 g/mol. The van der Waals surface area contributed by atoms with Crippen molar-refractivity contribution < 1.29 is 30.7 Å². The molecule has 2 heterocycles. The number of alkyl halides is 3. The van der Waals surface area contributed by atoms with Gasteiger partial charge in [0.25, 0.3) is 5.89 Å². The van der Waals surface area contributed by atoms with Crippen molar-refractivity contribution in [3.8, 4) is 40.0 Å². The number of halogens is 3. The van der Waals surface area contributed by atoms with Gasteiger partial charge in [-0.3, -0.25) is 0 Å². The Kier molecular flexibility index (Phi) is 7.37. The normalized spacial score (nSPS) is 12.2. The van der Waals surface area contributed by atoms with Crippen LogP contribution >= 0.6 is 0 Å². The molecule has 0 aliphatic heterocycles. The molecule has 0 saturated carbocycles. The van der Waals surface area contributed by atoms with Crippen LogP contribution in [0.1, 0.15) is 19.4 Å². The highest BCUT2D eigenvalue weighted by atomic mass is 32.2. The fraction of sp³-hybridized carbons (Fsp3) is 0.250. The number of hydrogen-bond donors (Lipinski definition) is 2. The highest BCUT2D eigenvalue weighted by molar-refractivity contribution is 7.92. The largest absolute Gasteiger partial charge is 0.573 e. The number of nitrogens with one attached hydrogen (secondary N) is 1. The Labute approximate surface area is 216 Å². The zero-order valence-electron chi connectivity index (χ0n) is 20.4. The average Bonchev–Trinajstić information content (AvgIpc) is 3.34. The molecule has 3 N–H and O–H groups in total. The summed E-state index contributed by atoms with van der Waals surface area (Å²) in [5, 5.41) is 10.1. The maximum absolute atomic E-state index is 13.1. The average molecular weight is 549 g/mol. The quantitative estimate of drug-likeness (QED) is 0.328. The summed E-state index contributed by atoms with van der Waals surface area (Å²) in [6.07, 6.45) is -3.90. The summed E-state index contributed by atoms with van der Waals surface area (Å²) in [6.45, 7) is 3.40. The number of nitrogens with two attached hydrogens (primary N) is 1. The Morgan fingerprint density at radius 3 is 2.34 bits per heavy atom. The lowest BCUT2D eigenvalue weighted by atomic mass is 10.1. The van der Waals surface area contributed by atoms with E-state index >= 15 is 0 Å². The molecule has 0 unspecified atom stereocenters. The molecule has 2 aromatic carbocycles. The lowest BCUT2D eigenvalue weighted by Gasteiger charge is -2.16. The highest BCUT2D eigenvalue weighted by Gasteiger charge is 2.35. The number of nitrogens with zero attached hydrogens (tertiary/aromatic N) is 4. The third kappa shape index (κ3) is 5.75. The zero-order valence-corrected chi connectivity index (χ0v) is 21.3. The maximum Gasteiger partial charge on any atom is 0.573 e. The van der Waals surface area contributed by atoms with E-state index in [2.05, 4.69) is 30.2 Å². The lowest BCUT2D eigenvalue weighted by molar-refractivity contribution is -0.275. The van der Waals surface area contributed by atoms with Gasteiger partial charge >= 0.3 is 6.36 Å². The van der Waals surface area contributed by atoms with Crippen molar-refractivity contribution in [2.24, 2.45) is 0 Å². The first-order valence-corrected chi connectivity index (χ1v) is 12.8. The molecule has 0 aliphatic carbocycles. The summed E-state index contributed by atoms with van der Waals surface area (Å²) >= 11 is 0. The summed E-state index contributed by atoms with van der Waals surface area (Å²) in [7, 11) is -2.25. The number of rotatable bonds is 8. The van der Waals surface area contributed by atoms with Gasteiger partial charge in [0, 0.05) is 17.7 Å². The number of sulfone groups is 1. The molecule has 0 amide bonds. The summed E-state index contributed by atoms with van der Waals surface area (Å²) < 4.78 is 74.3. The molecule has 0 radical (unpaired) electrons. The van der Waals surface area contributed by atoms with Crippen molar-refractivity contribution in [3.05, 3.63) is 54.2 Å². The fourth-order valence-electron chi connectivity index (χ4n) is 3.46. The number of nitrogen functional groups attached to an aromatic ring is 1. The van der Waals surface area contributed by atoms with Crippen molar-refractivity contribution >= 4 is 15.7 Å². The predicted molar refractivity (Wildman–Crippen MR) is 132 cm³/mol. The molecule has 0 bridgehead atoms. The first kappa shape index (κ1) is 27.0. The van der Waals surface area contributed by atoms with E-state index in [9.17, 15) is 21.6 Å². The lowest BCUT2D eigenvalue weighted by Crippen LogP contribution is -2.21. The molecule has 2 aromatic heterocycles. The molecule has 4 rings (SSSR count). The van der Waals surface area contributed by atoms with E-state index in [4.69, 9.17) is 10.2 Å². The van der Waals surface area contributed by atoms with Crippen LogP contribution in [0.4, 0.5) is 19.0 Å². The molecule has 0 fully saturated rings. The molecule has 38 heavy (non-hydrogen) atoms. The number of ether oxygens (including phenoxy) is 1. The van der Waals surface area contributed by atoms with Crippen LogP contribution in [0.5, 0.6) is 5.75 Å². The predicted octanol–water partition coefficient (Wildman–Crippen LogP) is 4.24. The van der Waals surface area contributed by atoms with Crippen molar-refractivity contribution in [2.45, 2.75) is 36.9 Å². The van der Waals surface area contributed by atoms with Crippen LogP contribution in [0.25, 0.3) is 34.3 Å². The van der Waals surface area contributed by atoms with Crippen molar-refractivity contribution in [2.75, 3.05) is 12.8 Å². The van der Waals surface area contributed by atoms with Crippen LogP contribution in [-0.2, 0) is 16.4 Å². The van der Waals surface area contributed by atoms with Crippen molar-refractivity contribution in [3.63, 3.8) is 0 Å². The van der Waals surface area contributed by atoms with Gasteiger partial charge in [0.2, 0.25) is 5.89 Å². The van der Waals surface area contributed by atoms with Gasteiger partial charge in [0.05, 0.1) is 17.1 Å². The zero-order chi connectivity index (χ0) is 27.7. The van der Waals surface area contributed by atoms with E-state index in [1.807, 2.05) is 31.3 Å². The molecule has 0 saturated heterocycles. The van der Waals surface area contributed by atoms with E-state index < -0.39 is 32.1 Å². The molecule has 14 heteroatoms. The SMILES string of the molecule is CNCc1ccc(-c2nnc(-c3nc(-c4ccc(S(=O)(=O)C(C)C)c(OC(F)(F)F)c4)cnc3N)o2)cc1. The van der Waals surface area contributed by atoms with Gasteiger partial charge in [0.15, 0.2) is 21.3 Å². The van der Waals surface area contributed by atoms with E-state index in [0.717, 1.165) is 17.7 Å². The molecule has 10 nitrogen and oxygen atoms in total. The first-order valence-electron chi connectivity index (χ1n) is 11.2. The second kappa shape index (κ2) is 10.4. The van der Waals surface area contributed by atoms with Crippen LogP contribution in [0.3, 0.4) is 0 Å². The van der Waals surface area contributed by atoms with Gasteiger partial charge in [-0.2, -0.15) is 0 Å². The highest BCUT2D eigenvalue weighted by Crippen LogP contribution is 2.36. The Bertz CT molecular complexity index is 1550. The topological polar surface area (TPSA) is 146 Å². The summed E-state index contributed by atoms with van der Waals surface area (Å²) in [4.78, 5) is 7.80. The molecule has 4 aromatic rings. The summed E-state index contributed by atoms with van der Waals surface area (Å²) in [6, 6.07) is 10.7. The van der Waals surface area contributed by atoms with Crippen LogP contribution in [0, 0.1) is 0 Å². The van der Waals surface area contributed by atoms with Crippen molar-refractivity contribution in [1.29, 1.82) is 0 Å². The van der Waals surface area contributed by atoms with Gasteiger partial charge in [-0.05, 0) is 50.7 Å². The Morgan fingerprint density at radius 1 is 1.05 bits per heavy atom. The van der Waals surface area contributed by atoms with Crippen molar-refractivity contribution in [1.82, 2.24) is 25.5 Å². The number of benzene rings is 2. The molecular formula is C24H23F3N6O4S. The van der Waals surface area contributed by atoms with Gasteiger partial charge in [0.1, 0.15) is 10.6 Å². The second-order valence-corrected chi connectivity index (χ2v) is 10.9. The molecule has 200 valence electrons. The van der Waals surface area contributed by atoms with Gasteiger partial charge in [-0.1, -0.05) is 18.2 Å². The molecule has 0 aliphatic rings. The van der Waals surface area contributed by atoms with Gasteiger partial charge in [-0.15, -0.1) is 23.4 Å². The Hall–Kier alpha value is -4.04. The minimum absolute atomic E-state index is 0.00483. The standard InChI is InChI=1S/C24H23F3N6O4S/c1-13(2)38(34,35)19-9-8-16(10-18(19)37-24(25,26)27)17-12-30-21(28)20(31-17)23-33-32-22(36-23)15-6-4-14(5-7-15)11-29-3/h4-10,12-13,29H,11H2,1-3H3,(H2,28,30). The molecule has 0 spiro atoms. The van der Waals surface area contributed by atoms with E-state index in [1.165, 1.54) is 26.1 Å². The fourth-order valence-corrected chi connectivity index (χ4v) is 4.61. The van der Waals surface area contributed by atoms with Gasteiger partial charge in [-0.25, -0.2) is 18.4 Å².